The number of piperidine rings is 1. The van der Waals surface area contributed by atoms with Gasteiger partial charge in [0.25, 0.3) is 0 Å². The number of hydrogen-bond donors (Lipinski definition) is 0. The smallest absolute Gasteiger partial charge is 0.233 e. The summed E-state index contributed by atoms with van der Waals surface area (Å²) >= 11 is 0. The maximum absolute atomic E-state index is 13.2. The lowest BCUT2D eigenvalue weighted by molar-refractivity contribution is -0.142. The molecule has 0 radical (unpaired) electrons. The van der Waals surface area contributed by atoms with E-state index in [0.717, 1.165) is 5.82 Å². The Hall–Kier alpha value is -2.64. The van der Waals surface area contributed by atoms with Crippen molar-refractivity contribution in [1.29, 1.82) is 0 Å². The molecule has 1 aliphatic rings. The van der Waals surface area contributed by atoms with Crippen molar-refractivity contribution in [3.05, 3.63) is 30.5 Å². The first-order valence-electron chi connectivity index (χ1n) is 8.48. The van der Waals surface area contributed by atoms with E-state index >= 15 is 0 Å². The second-order valence-electron chi connectivity index (χ2n) is 6.41. The Bertz CT molecular complexity index is 780. The van der Waals surface area contributed by atoms with Gasteiger partial charge in [0.15, 0.2) is 5.82 Å². The highest BCUT2D eigenvalue weighted by Crippen LogP contribution is 2.37. The molecule has 0 bridgehead atoms. The van der Waals surface area contributed by atoms with Gasteiger partial charge in [0.05, 0.1) is 5.92 Å². The summed E-state index contributed by atoms with van der Waals surface area (Å²) in [5.41, 5.74) is 0. The molecule has 25 heavy (non-hydrogen) atoms. The van der Waals surface area contributed by atoms with Crippen molar-refractivity contribution in [3.8, 4) is 0 Å². The molecule has 0 aliphatic carbocycles. The minimum atomic E-state index is -0.357. The van der Waals surface area contributed by atoms with Crippen LogP contribution in [0.2, 0.25) is 0 Å². The number of imidazole rings is 1. The monoisotopic (exact) mass is 344 g/mol. The number of aryl methyl sites for hydroxylation is 2. The van der Waals surface area contributed by atoms with Gasteiger partial charge in [-0.05, 0) is 13.3 Å². The predicted octanol–water partition coefficient (Wildman–Crippen LogP) is 1.12. The molecule has 0 saturated carbocycles. The summed E-state index contributed by atoms with van der Waals surface area (Å²) < 4.78 is 3.55. The maximum Gasteiger partial charge on any atom is 0.233 e. The van der Waals surface area contributed by atoms with E-state index in [1.54, 1.807) is 40.0 Å². The Morgan fingerprint density at radius 1 is 1.36 bits per heavy atom. The number of aromatic nitrogens is 4. The van der Waals surface area contributed by atoms with Gasteiger partial charge in [0.1, 0.15) is 11.9 Å². The first kappa shape index (κ1) is 17.2. The third-order valence-electron chi connectivity index (χ3n) is 4.86. The van der Waals surface area contributed by atoms with Crippen LogP contribution < -0.4 is 4.90 Å². The second-order valence-corrected chi connectivity index (χ2v) is 6.41. The summed E-state index contributed by atoms with van der Waals surface area (Å²) in [6, 6.07) is 1.45. The topological polar surface area (TPSA) is 76.3 Å². The number of nitrogens with zero attached hydrogens (tertiary/aromatic N) is 6. The van der Waals surface area contributed by atoms with Crippen LogP contribution in [0.25, 0.3) is 0 Å². The van der Waals surface area contributed by atoms with Gasteiger partial charge in [-0.1, -0.05) is 0 Å². The van der Waals surface area contributed by atoms with Gasteiger partial charge in [0.2, 0.25) is 11.8 Å². The summed E-state index contributed by atoms with van der Waals surface area (Å²) in [5.74, 6) is 1.03. The van der Waals surface area contributed by atoms with Crippen LogP contribution in [0.5, 0.6) is 0 Å². The fourth-order valence-electron chi connectivity index (χ4n) is 3.51. The largest absolute Gasteiger partial charge is 0.336 e. The molecule has 1 fully saturated rings. The predicted molar refractivity (Wildman–Crippen MR) is 92.7 cm³/mol. The van der Waals surface area contributed by atoms with Gasteiger partial charge in [-0.3, -0.25) is 19.2 Å². The fraction of sp³-hybridized carbons (Fsp3) is 0.529. The second kappa shape index (κ2) is 6.70. The zero-order valence-corrected chi connectivity index (χ0v) is 15.1. The van der Waals surface area contributed by atoms with Gasteiger partial charge in [0, 0.05) is 58.8 Å². The van der Waals surface area contributed by atoms with Crippen LogP contribution in [0.15, 0.2) is 24.7 Å². The van der Waals surface area contributed by atoms with Gasteiger partial charge in [-0.25, -0.2) is 4.98 Å². The van der Waals surface area contributed by atoms with Crippen LogP contribution in [0.3, 0.4) is 0 Å². The first-order chi connectivity index (χ1) is 11.9. The number of rotatable bonds is 4. The van der Waals surface area contributed by atoms with Gasteiger partial charge >= 0.3 is 0 Å². The normalized spacial score (nSPS) is 20.8. The van der Waals surface area contributed by atoms with E-state index < -0.39 is 0 Å². The van der Waals surface area contributed by atoms with Crippen molar-refractivity contribution >= 4 is 17.6 Å². The molecule has 0 aromatic carbocycles. The summed E-state index contributed by atoms with van der Waals surface area (Å²) in [7, 11) is 5.43. The van der Waals surface area contributed by atoms with E-state index in [2.05, 4.69) is 10.1 Å². The lowest BCUT2D eigenvalue weighted by atomic mass is 9.86. The average molecular weight is 344 g/mol. The molecule has 3 rings (SSSR count). The average Bonchev–Trinajstić information content (AvgIpc) is 3.21. The van der Waals surface area contributed by atoms with E-state index in [9.17, 15) is 9.59 Å². The zero-order chi connectivity index (χ0) is 18.1. The third kappa shape index (κ3) is 3.04. The zero-order valence-electron chi connectivity index (χ0n) is 15.1. The van der Waals surface area contributed by atoms with Crippen molar-refractivity contribution in [1.82, 2.24) is 24.2 Å². The molecule has 0 unspecified atom stereocenters. The molecule has 2 aromatic rings. The van der Waals surface area contributed by atoms with E-state index in [-0.39, 0.29) is 23.8 Å². The van der Waals surface area contributed by atoms with Crippen molar-refractivity contribution in [2.24, 2.45) is 20.0 Å². The molecule has 1 aliphatic heterocycles. The van der Waals surface area contributed by atoms with E-state index in [0.29, 0.717) is 25.2 Å². The highest BCUT2D eigenvalue weighted by Gasteiger charge is 2.43. The summed E-state index contributed by atoms with van der Waals surface area (Å²) in [5, 5.41) is 4.31. The number of likely N-dealkylation sites (tertiary alicyclic amines) is 1. The minimum absolute atomic E-state index is 0.0438. The number of carbonyl (C=O) groups is 2. The van der Waals surface area contributed by atoms with Gasteiger partial charge in [-0.15, -0.1) is 0 Å². The Morgan fingerprint density at radius 3 is 2.68 bits per heavy atom. The number of amides is 2. The standard InChI is InChI=1S/C17H24N6O2/c1-5-23-14(24)7-6-12(15(23)16-18-9-11-20(16)2)17(25)22(4)13-8-10-21(3)19-13/h8-12,15H,5-7H2,1-4H3/t12-,15-/m0/s1. The van der Waals surface area contributed by atoms with Crippen molar-refractivity contribution < 1.29 is 9.59 Å². The number of hydrogen-bond acceptors (Lipinski definition) is 4. The molecule has 0 N–H and O–H groups in total. The Morgan fingerprint density at radius 2 is 2.12 bits per heavy atom. The lowest BCUT2D eigenvalue weighted by Crippen LogP contribution is -2.49. The Labute approximate surface area is 147 Å². The first-order valence-corrected chi connectivity index (χ1v) is 8.48. The van der Waals surface area contributed by atoms with E-state index in [4.69, 9.17) is 0 Å². The van der Waals surface area contributed by atoms with Crippen molar-refractivity contribution in [3.63, 3.8) is 0 Å². The summed E-state index contributed by atoms with van der Waals surface area (Å²) in [4.78, 5) is 33.4. The van der Waals surface area contributed by atoms with Crippen LogP contribution >= 0.6 is 0 Å². The van der Waals surface area contributed by atoms with Crippen molar-refractivity contribution in [2.75, 3.05) is 18.5 Å². The number of anilines is 1. The third-order valence-corrected chi connectivity index (χ3v) is 4.86. The molecule has 2 amide bonds. The Kier molecular flexibility index (Phi) is 4.61. The SMILES string of the molecule is CCN1C(=O)CC[C@H](C(=O)N(C)c2ccn(C)n2)[C@H]1c1nccn1C. The maximum atomic E-state index is 13.2. The minimum Gasteiger partial charge on any atom is -0.336 e. The molecule has 2 atom stereocenters. The van der Waals surface area contributed by atoms with Crippen LogP contribution in [0.4, 0.5) is 5.82 Å². The quantitative estimate of drug-likeness (QED) is 0.833. The molecular weight excluding hydrogens is 320 g/mol. The number of carbonyl (C=O) groups excluding carboxylic acids is 2. The van der Waals surface area contributed by atoms with Crippen LogP contribution in [0, 0.1) is 5.92 Å². The molecule has 0 spiro atoms. The molecule has 8 nitrogen and oxygen atoms in total. The Balaban J connectivity index is 1.95. The van der Waals surface area contributed by atoms with Crippen molar-refractivity contribution in [2.45, 2.75) is 25.8 Å². The molecule has 1 saturated heterocycles. The summed E-state index contributed by atoms with van der Waals surface area (Å²) in [6.45, 7) is 2.48. The molecule has 8 heteroatoms. The molecular formula is C17H24N6O2. The highest BCUT2D eigenvalue weighted by molar-refractivity contribution is 5.95. The lowest BCUT2D eigenvalue weighted by Gasteiger charge is -2.40. The van der Waals surface area contributed by atoms with Crippen LogP contribution in [0.1, 0.15) is 31.6 Å². The molecule has 134 valence electrons. The van der Waals surface area contributed by atoms with E-state index in [1.165, 1.54) is 0 Å². The fourth-order valence-corrected chi connectivity index (χ4v) is 3.51. The van der Waals surface area contributed by atoms with Crippen LogP contribution in [-0.2, 0) is 23.7 Å². The van der Waals surface area contributed by atoms with Crippen LogP contribution in [-0.4, -0.2) is 49.6 Å². The van der Waals surface area contributed by atoms with Gasteiger partial charge in [-0.2, -0.15) is 5.10 Å². The molecule has 2 aromatic heterocycles. The molecule has 3 heterocycles. The van der Waals surface area contributed by atoms with Gasteiger partial charge < -0.3 is 9.47 Å². The summed E-state index contributed by atoms with van der Waals surface area (Å²) in [6.07, 6.45) is 6.24. The van der Waals surface area contributed by atoms with E-state index in [1.807, 2.05) is 31.8 Å². The highest BCUT2D eigenvalue weighted by atomic mass is 16.2.